The van der Waals surface area contributed by atoms with Gasteiger partial charge in [0.1, 0.15) is 6.10 Å². The highest BCUT2D eigenvalue weighted by atomic mass is 16.5. The largest absolute Gasteiger partial charge is 0.458 e. The third-order valence-corrected chi connectivity index (χ3v) is 3.41. The predicted octanol–water partition coefficient (Wildman–Crippen LogP) is 1.74. The fourth-order valence-corrected chi connectivity index (χ4v) is 2.87. The Morgan fingerprint density at radius 2 is 2.00 bits per heavy atom. The van der Waals surface area contributed by atoms with Crippen LogP contribution in [0.15, 0.2) is 30.3 Å². The minimum absolute atomic E-state index is 0.0349. The maximum Gasteiger partial charge on any atom is 0.338 e. The van der Waals surface area contributed by atoms with E-state index in [1.54, 1.807) is 12.1 Å². The summed E-state index contributed by atoms with van der Waals surface area (Å²) in [4.78, 5) is 12.0. The van der Waals surface area contributed by atoms with Crippen molar-refractivity contribution < 1.29 is 14.8 Å². The van der Waals surface area contributed by atoms with Gasteiger partial charge in [-0.25, -0.2) is 4.79 Å². The van der Waals surface area contributed by atoms with Crippen LogP contribution in [-0.2, 0) is 4.74 Å². The zero-order valence-electron chi connectivity index (χ0n) is 11.3. The van der Waals surface area contributed by atoms with Gasteiger partial charge in [-0.1, -0.05) is 18.2 Å². The van der Waals surface area contributed by atoms with E-state index in [9.17, 15) is 4.79 Å². The fourth-order valence-electron chi connectivity index (χ4n) is 2.87. The number of quaternary nitrogens is 1. The van der Waals surface area contributed by atoms with Crippen LogP contribution in [0, 0.1) is 0 Å². The number of carbonyl (C=O) groups excluding carboxylic acids is 1. The Bertz CT molecular complexity index is 414. The Morgan fingerprint density at radius 1 is 1.33 bits per heavy atom. The summed E-state index contributed by atoms with van der Waals surface area (Å²) in [6, 6.07) is 9.72. The van der Waals surface area contributed by atoms with Crippen LogP contribution in [0.1, 0.15) is 44.0 Å². The molecule has 1 aliphatic heterocycles. The van der Waals surface area contributed by atoms with Crippen molar-refractivity contribution in [3.8, 4) is 0 Å². The van der Waals surface area contributed by atoms with E-state index in [2.05, 4.69) is 26.1 Å². The van der Waals surface area contributed by atoms with E-state index >= 15 is 0 Å². The van der Waals surface area contributed by atoms with E-state index in [1.807, 2.05) is 18.2 Å². The van der Waals surface area contributed by atoms with Gasteiger partial charge in [0.05, 0.1) is 17.1 Å². The van der Waals surface area contributed by atoms with Gasteiger partial charge >= 0.3 is 5.97 Å². The summed E-state index contributed by atoms with van der Waals surface area (Å²) < 4.78 is 5.62. The molecule has 2 rings (SSSR count). The van der Waals surface area contributed by atoms with Gasteiger partial charge in [0, 0.05) is 12.8 Å². The molecule has 3 nitrogen and oxygen atoms in total. The van der Waals surface area contributed by atoms with Crippen molar-refractivity contribution in [2.24, 2.45) is 0 Å². The van der Waals surface area contributed by atoms with Gasteiger partial charge < -0.3 is 10.1 Å². The van der Waals surface area contributed by atoms with Crippen molar-refractivity contribution in [1.29, 1.82) is 0 Å². The molecule has 1 saturated heterocycles. The molecule has 1 heterocycles. The van der Waals surface area contributed by atoms with E-state index < -0.39 is 0 Å². The monoisotopic (exact) mass is 248 g/mol. The topological polar surface area (TPSA) is 42.9 Å². The normalized spacial score (nSPS) is 26.6. The number of hydrogen-bond acceptors (Lipinski definition) is 2. The summed E-state index contributed by atoms with van der Waals surface area (Å²) in [5, 5.41) is 2.36. The van der Waals surface area contributed by atoms with E-state index in [0.29, 0.717) is 11.6 Å². The van der Waals surface area contributed by atoms with Crippen molar-refractivity contribution in [2.75, 3.05) is 0 Å². The van der Waals surface area contributed by atoms with E-state index in [-0.39, 0.29) is 17.6 Å². The van der Waals surface area contributed by atoms with Crippen molar-refractivity contribution in [3.63, 3.8) is 0 Å². The number of ether oxygens (including phenoxy) is 1. The van der Waals surface area contributed by atoms with Gasteiger partial charge in [-0.2, -0.15) is 0 Å². The molecule has 0 amide bonds. The third kappa shape index (κ3) is 3.33. The molecule has 18 heavy (non-hydrogen) atoms. The number of rotatable bonds is 2. The Balaban J connectivity index is 1.99. The van der Waals surface area contributed by atoms with Gasteiger partial charge in [-0.3, -0.25) is 0 Å². The smallest absolute Gasteiger partial charge is 0.338 e. The molecule has 0 spiro atoms. The average Bonchev–Trinajstić information content (AvgIpc) is 2.27. The molecule has 1 aromatic carbocycles. The van der Waals surface area contributed by atoms with E-state index in [4.69, 9.17) is 4.74 Å². The molecule has 2 atom stereocenters. The number of piperidine rings is 1. The lowest BCUT2D eigenvalue weighted by molar-refractivity contribution is -0.759. The lowest BCUT2D eigenvalue weighted by Crippen LogP contribution is -3.01. The molecule has 0 unspecified atom stereocenters. The molecule has 0 aromatic heterocycles. The van der Waals surface area contributed by atoms with Crippen LogP contribution in [0.2, 0.25) is 0 Å². The lowest BCUT2D eigenvalue weighted by Gasteiger charge is -2.36. The summed E-state index contributed by atoms with van der Waals surface area (Å²) in [7, 11) is 0. The zero-order chi connectivity index (χ0) is 13.2. The van der Waals surface area contributed by atoms with Crippen molar-refractivity contribution in [2.45, 2.75) is 51.3 Å². The van der Waals surface area contributed by atoms with Crippen LogP contribution < -0.4 is 5.32 Å². The minimum Gasteiger partial charge on any atom is -0.458 e. The molecule has 1 aromatic rings. The highest BCUT2D eigenvalue weighted by Gasteiger charge is 2.37. The second kappa shape index (κ2) is 5.11. The fraction of sp³-hybridized carbons (Fsp3) is 0.533. The zero-order valence-corrected chi connectivity index (χ0v) is 11.3. The minimum atomic E-state index is -0.203. The molecule has 0 radical (unpaired) electrons. The van der Waals surface area contributed by atoms with Gasteiger partial charge in [-0.05, 0) is 32.9 Å². The van der Waals surface area contributed by atoms with Crippen LogP contribution in [-0.4, -0.2) is 23.7 Å². The SMILES string of the molecule is C[C@@H]1C[C@@H](OC(=O)c2ccccc2)CC(C)(C)[NH2+]1. The van der Waals surface area contributed by atoms with Crippen LogP contribution in [0.5, 0.6) is 0 Å². The maximum atomic E-state index is 12.0. The molecule has 3 heteroatoms. The Labute approximate surface area is 109 Å². The summed E-state index contributed by atoms with van der Waals surface area (Å²) in [5.74, 6) is -0.203. The van der Waals surface area contributed by atoms with Crippen LogP contribution in [0.3, 0.4) is 0 Å². The van der Waals surface area contributed by atoms with Crippen molar-refractivity contribution in [1.82, 2.24) is 0 Å². The molecular formula is C15H22NO2+. The van der Waals surface area contributed by atoms with Crippen molar-refractivity contribution in [3.05, 3.63) is 35.9 Å². The first-order valence-corrected chi connectivity index (χ1v) is 6.58. The molecule has 1 aliphatic rings. The molecule has 0 saturated carbocycles. The van der Waals surface area contributed by atoms with Gasteiger partial charge in [0.25, 0.3) is 0 Å². The standard InChI is InChI=1S/C15H21NO2/c1-11-9-13(10-15(2,3)16-11)18-14(17)12-7-5-4-6-8-12/h4-8,11,13,16H,9-10H2,1-3H3/p+1/t11-,13-/m1/s1. The second-order valence-electron chi connectivity index (χ2n) is 5.97. The van der Waals surface area contributed by atoms with Gasteiger partial charge in [0.2, 0.25) is 0 Å². The van der Waals surface area contributed by atoms with Gasteiger partial charge in [-0.15, -0.1) is 0 Å². The van der Waals surface area contributed by atoms with Crippen LogP contribution >= 0.6 is 0 Å². The summed E-state index contributed by atoms with van der Waals surface area (Å²) in [5.41, 5.74) is 0.789. The van der Waals surface area contributed by atoms with E-state index in [0.717, 1.165) is 12.8 Å². The number of hydrogen-bond donors (Lipinski definition) is 1. The summed E-state index contributed by atoms with van der Waals surface area (Å²) in [6.07, 6.45) is 1.88. The molecule has 0 aliphatic carbocycles. The molecule has 1 fully saturated rings. The highest BCUT2D eigenvalue weighted by molar-refractivity contribution is 5.89. The quantitative estimate of drug-likeness (QED) is 0.810. The maximum absolute atomic E-state index is 12.0. The Morgan fingerprint density at radius 3 is 2.61 bits per heavy atom. The number of benzene rings is 1. The molecule has 98 valence electrons. The highest BCUT2D eigenvalue weighted by Crippen LogP contribution is 2.20. The Hall–Kier alpha value is -1.35. The molecule has 0 bridgehead atoms. The Kier molecular flexibility index (Phi) is 3.71. The van der Waals surface area contributed by atoms with Crippen LogP contribution in [0.25, 0.3) is 0 Å². The van der Waals surface area contributed by atoms with Gasteiger partial charge in [0.15, 0.2) is 0 Å². The van der Waals surface area contributed by atoms with E-state index in [1.165, 1.54) is 0 Å². The van der Waals surface area contributed by atoms with Crippen molar-refractivity contribution >= 4 is 5.97 Å². The first-order chi connectivity index (χ1) is 8.46. The molecular weight excluding hydrogens is 226 g/mol. The molecule has 2 N–H and O–H groups in total. The second-order valence-corrected chi connectivity index (χ2v) is 5.97. The lowest BCUT2D eigenvalue weighted by atomic mass is 9.87. The third-order valence-electron chi connectivity index (χ3n) is 3.41. The number of nitrogens with two attached hydrogens (primary N) is 1. The van der Waals surface area contributed by atoms with Crippen LogP contribution in [0.4, 0.5) is 0 Å². The predicted molar refractivity (Wildman–Crippen MR) is 70.3 cm³/mol. The number of carbonyl (C=O) groups is 1. The number of esters is 1. The summed E-state index contributed by atoms with van der Waals surface area (Å²) >= 11 is 0. The first-order valence-electron chi connectivity index (χ1n) is 6.58. The average molecular weight is 248 g/mol. The first kappa shape index (κ1) is 13.1. The summed E-state index contributed by atoms with van der Waals surface area (Å²) in [6.45, 7) is 6.59.